The van der Waals surface area contributed by atoms with Crippen LogP contribution >= 0.6 is 0 Å². The van der Waals surface area contributed by atoms with Crippen molar-refractivity contribution in [3.8, 4) is 22.8 Å². The van der Waals surface area contributed by atoms with Crippen LogP contribution in [-0.4, -0.2) is 59.0 Å². The first-order valence-corrected chi connectivity index (χ1v) is 14.9. The Labute approximate surface area is 253 Å². The van der Waals surface area contributed by atoms with E-state index in [1.807, 2.05) is 10.9 Å². The number of benzene rings is 2. The number of methoxy groups -OCH3 is 1. The lowest BCUT2D eigenvalue weighted by Crippen LogP contribution is -2.44. The van der Waals surface area contributed by atoms with E-state index in [4.69, 9.17) is 14.5 Å². The highest BCUT2D eigenvalue weighted by Crippen LogP contribution is 2.50. The first-order chi connectivity index (χ1) is 21.1. The number of carbonyl (C=O) groups excluding carboxylic acids is 2. The molecule has 7 rings (SSSR count). The van der Waals surface area contributed by atoms with Crippen molar-refractivity contribution in [3.63, 3.8) is 0 Å². The normalized spacial score (nSPS) is 20.5. The van der Waals surface area contributed by atoms with Gasteiger partial charge in [-0.15, -0.1) is 0 Å². The summed E-state index contributed by atoms with van der Waals surface area (Å²) in [6, 6.07) is 11.4. The zero-order chi connectivity index (χ0) is 30.8. The fraction of sp³-hybridized carbons (Fsp3) is 0.394. The van der Waals surface area contributed by atoms with Crippen molar-refractivity contribution >= 4 is 22.7 Å². The number of halogens is 1. The molecule has 2 aromatic heterocycles. The van der Waals surface area contributed by atoms with Crippen LogP contribution < -0.4 is 20.1 Å². The lowest BCUT2D eigenvalue weighted by molar-refractivity contribution is -0.126. The minimum Gasteiger partial charge on any atom is -0.494 e. The summed E-state index contributed by atoms with van der Waals surface area (Å²) in [6.45, 7) is 1.76. The SMILES string of the molecule is CNC(=O)[C@@]1(C)COc2c1cc(C(O)(CNC(=O)c1cc(OC)c3nn(C4CC4)cc3c1)C1CC1)nc2-c1ccc(F)cc1. The van der Waals surface area contributed by atoms with Gasteiger partial charge in [0, 0.05) is 35.3 Å². The first-order valence-electron chi connectivity index (χ1n) is 14.9. The van der Waals surface area contributed by atoms with E-state index in [0.29, 0.717) is 51.1 Å². The van der Waals surface area contributed by atoms with Gasteiger partial charge in [0.15, 0.2) is 0 Å². The van der Waals surface area contributed by atoms with E-state index in [0.717, 1.165) is 31.1 Å². The number of amides is 2. The summed E-state index contributed by atoms with van der Waals surface area (Å²) in [5.74, 6) is -0.248. The lowest BCUT2D eigenvalue weighted by atomic mass is 9.81. The molecule has 3 aliphatic rings. The van der Waals surface area contributed by atoms with Gasteiger partial charge < -0.3 is 25.2 Å². The van der Waals surface area contributed by atoms with Crippen LogP contribution in [0.2, 0.25) is 0 Å². The van der Waals surface area contributed by atoms with Crippen molar-refractivity contribution in [2.45, 2.75) is 49.7 Å². The Morgan fingerprint density at radius 2 is 1.93 bits per heavy atom. The van der Waals surface area contributed by atoms with Crippen LogP contribution in [0.15, 0.2) is 48.7 Å². The van der Waals surface area contributed by atoms with Crippen LogP contribution in [0.5, 0.6) is 11.5 Å². The van der Waals surface area contributed by atoms with Gasteiger partial charge in [0.1, 0.15) is 46.1 Å². The summed E-state index contributed by atoms with van der Waals surface area (Å²) in [6.07, 6.45) is 5.60. The van der Waals surface area contributed by atoms with Crippen LogP contribution in [-0.2, 0) is 15.8 Å². The number of pyridine rings is 1. The molecule has 3 heterocycles. The number of likely N-dealkylation sites (N-methyl/N-ethyl adjacent to an activating group) is 1. The van der Waals surface area contributed by atoms with Crippen molar-refractivity contribution in [1.29, 1.82) is 0 Å². The van der Waals surface area contributed by atoms with Crippen LogP contribution in [0.1, 0.15) is 60.3 Å². The molecule has 1 aliphatic heterocycles. The predicted molar refractivity (Wildman–Crippen MR) is 160 cm³/mol. The summed E-state index contributed by atoms with van der Waals surface area (Å²) in [5, 5.41) is 23.4. The first kappa shape index (κ1) is 28.3. The maximum Gasteiger partial charge on any atom is 0.251 e. The second kappa shape index (κ2) is 10.3. The molecule has 44 heavy (non-hydrogen) atoms. The fourth-order valence-corrected chi connectivity index (χ4v) is 6.13. The van der Waals surface area contributed by atoms with Gasteiger partial charge in [0.2, 0.25) is 5.91 Å². The highest BCUT2D eigenvalue weighted by molar-refractivity contribution is 6.00. The summed E-state index contributed by atoms with van der Waals surface area (Å²) < 4.78 is 27.4. The third-order valence-corrected chi connectivity index (χ3v) is 9.13. The zero-order valence-corrected chi connectivity index (χ0v) is 24.8. The van der Waals surface area contributed by atoms with E-state index in [-0.39, 0.29) is 30.9 Å². The molecule has 2 fully saturated rings. The molecule has 0 radical (unpaired) electrons. The molecule has 11 heteroatoms. The molecule has 4 aromatic rings. The molecule has 0 saturated heterocycles. The van der Waals surface area contributed by atoms with Gasteiger partial charge in [-0.25, -0.2) is 9.37 Å². The minimum absolute atomic E-state index is 0.0849. The zero-order valence-electron chi connectivity index (χ0n) is 24.8. The molecule has 2 amide bonds. The molecule has 2 aliphatic carbocycles. The minimum atomic E-state index is -1.53. The number of fused-ring (bicyclic) bond motifs is 2. The van der Waals surface area contributed by atoms with Gasteiger partial charge >= 0.3 is 0 Å². The largest absolute Gasteiger partial charge is 0.494 e. The summed E-state index contributed by atoms with van der Waals surface area (Å²) >= 11 is 0. The average molecular weight is 600 g/mol. The highest BCUT2D eigenvalue weighted by atomic mass is 19.1. The van der Waals surface area contributed by atoms with Crippen molar-refractivity contribution in [1.82, 2.24) is 25.4 Å². The number of nitrogens with zero attached hydrogens (tertiary/aromatic N) is 3. The molecular formula is C33H34FN5O5. The van der Waals surface area contributed by atoms with E-state index in [9.17, 15) is 19.1 Å². The van der Waals surface area contributed by atoms with E-state index in [2.05, 4.69) is 15.7 Å². The highest BCUT2D eigenvalue weighted by Gasteiger charge is 2.50. The molecule has 0 spiro atoms. The maximum atomic E-state index is 13.8. The smallest absolute Gasteiger partial charge is 0.251 e. The molecule has 10 nitrogen and oxygen atoms in total. The van der Waals surface area contributed by atoms with Gasteiger partial charge in [0.25, 0.3) is 5.91 Å². The Hall–Kier alpha value is -4.51. The Morgan fingerprint density at radius 3 is 2.59 bits per heavy atom. The second-order valence-corrected chi connectivity index (χ2v) is 12.3. The predicted octanol–water partition coefficient (Wildman–Crippen LogP) is 4.00. The number of hydrogen-bond acceptors (Lipinski definition) is 7. The van der Waals surface area contributed by atoms with Crippen LogP contribution in [0, 0.1) is 11.7 Å². The van der Waals surface area contributed by atoms with Crippen LogP contribution in [0.25, 0.3) is 22.2 Å². The molecule has 228 valence electrons. The summed E-state index contributed by atoms with van der Waals surface area (Å²) in [4.78, 5) is 31.5. The van der Waals surface area contributed by atoms with Crippen molar-refractivity contribution < 1.29 is 28.6 Å². The molecule has 2 saturated carbocycles. The Bertz CT molecular complexity index is 1800. The summed E-state index contributed by atoms with van der Waals surface area (Å²) in [7, 11) is 3.11. The standard InChI is InChI=1S/C33H34FN5O5/c1-32(31(41)35-2)17-44-29-24(32)14-26(37-28(29)18-4-8-22(34)9-5-18)33(42,21-6-7-21)16-36-30(40)19-12-20-15-39(23-10-11-23)38-27(20)25(13-19)43-3/h4-5,8-9,12-15,21,23,42H,6-7,10-11,16-17H2,1-3H3,(H,35,41)(H,36,40)/t32-,33?/m0/s1. The third-order valence-electron chi connectivity index (χ3n) is 9.13. The molecule has 3 N–H and O–H groups in total. The quantitative estimate of drug-likeness (QED) is 0.265. The third kappa shape index (κ3) is 4.66. The number of aliphatic hydroxyl groups is 1. The second-order valence-electron chi connectivity index (χ2n) is 12.3. The maximum absolute atomic E-state index is 13.8. The Balaban J connectivity index is 1.25. The van der Waals surface area contributed by atoms with Gasteiger partial charge in [-0.3, -0.25) is 14.3 Å². The van der Waals surface area contributed by atoms with E-state index in [1.54, 1.807) is 51.4 Å². The van der Waals surface area contributed by atoms with Crippen LogP contribution in [0.4, 0.5) is 4.39 Å². The Morgan fingerprint density at radius 1 is 1.18 bits per heavy atom. The van der Waals surface area contributed by atoms with Crippen molar-refractivity contribution in [3.05, 3.63) is 71.3 Å². The molecule has 1 unspecified atom stereocenters. The van der Waals surface area contributed by atoms with Gasteiger partial charge in [0.05, 0.1) is 25.4 Å². The number of carbonyl (C=O) groups is 2. The number of aromatic nitrogens is 3. The topological polar surface area (TPSA) is 128 Å². The molecule has 2 atom stereocenters. The fourth-order valence-electron chi connectivity index (χ4n) is 6.13. The monoisotopic (exact) mass is 599 g/mol. The number of ether oxygens (including phenoxy) is 2. The number of rotatable bonds is 9. The van der Waals surface area contributed by atoms with E-state index in [1.165, 1.54) is 12.1 Å². The van der Waals surface area contributed by atoms with Gasteiger partial charge in [-0.1, -0.05) is 0 Å². The lowest BCUT2D eigenvalue weighted by Gasteiger charge is -2.30. The van der Waals surface area contributed by atoms with Gasteiger partial charge in [-0.05, 0) is 81.0 Å². The van der Waals surface area contributed by atoms with Crippen molar-refractivity contribution in [2.24, 2.45) is 5.92 Å². The molecule has 0 bridgehead atoms. The Kier molecular flexibility index (Phi) is 6.61. The molecular weight excluding hydrogens is 565 g/mol. The summed E-state index contributed by atoms with van der Waals surface area (Å²) in [5.41, 5.74) is 0.392. The number of hydrogen-bond donors (Lipinski definition) is 3. The van der Waals surface area contributed by atoms with E-state index >= 15 is 0 Å². The van der Waals surface area contributed by atoms with E-state index < -0.39 is 16.8 Å². The average Bonchev–Trinajstić information content (AvgIpc) is 3.98. The molecule has 2 aromatic carbocycles. The van der Waals surface area contributed by atoms with Crippen LogP contribution in [0.3, 0.4) is 0 Å². The van der Waals surface area contributed by atoms with Crippen molar-refractivity contribution in [2.75, 3.05) is 27.3 Å². The number of nitrogens with one attached hydrogen (secondary N) is 2. The van der Waals surface area contributed by atoms with Gasteiger partial charge in [-0.2, -0.15) is 5.10 Å².